The molecule has 0 aliphatic rings. The van der Waals surface area contributed by atoms with Crippen LogP contribution in [-0.4, -0.2) is 41.5 Å². The number of anilines is 1. The van der Waals surface area contributed by atoms with E-state index in [0.717, 1.165) is 12.1 Å². The molecule has 1 amide bonds. The van der Waals surface area contributed by atoms with Crippen molar-refractivity contribution in [3.8, 4) is 0 Å². The van der Waals surface area contributed by atoms with Gasteiger partial charge in [-0.1, -0.05) is 0 Å². The quantitative estimate of drug-likeness (QED) is 0.786. The van der Waals surface area contributed by atoms with E-state index < -0.39 is 0 Å². The van der Waals surface area contributed by atoms with Crippen LogP contribution >= 0.6 is 0 Å². The van der Waals surface area contributed by atoms with Crippen LogP contribution in [0.4, 0.5) is 5.69 Å². The third-order valence-corrected chi connectivity index (χ3v) is 3.04. The van der Waals surface area contributed by atoms with E-state index in [0.29, 0.717) is 25.3 Å². The van der Waals surface area contributed by atoms with Crippen LogP contribution in [0, 0.1) is 0 Å². The number of aromatic nitrogens is 1. The molecule has 1 aromatic heterocycles. The lowest BCUT2D eigenvalue weighted by atomic mass is 10.2. The summed E-state index contributed by atoms with van der Waals surface area (Å²) in [5.74, 6) is -0.0277. The summed E-state index contributed by atoms with van der Waals surface area (Å²) in [4.78, 5) is 18.1. The van der Waals surface area contributed by atoms with Crippen LogP contribution < -0.4 is 11.1 Å². The summed E-state index contributed by atoms with van der Waals surface area (Å²) < 4.78 is 0. The number of carbonyl (C=O) groups excluding carboxylic acids is 1. The van der Waals surface area contributed by atoms with Crippen LogP contribution in [0.5, 0.6) is 0 Å². The predicted molar refractivity (Wildman–Crippen MR) is 78.2 cm³/mol. The molecule has 19 heavy (non-hydrogen) atoms. The first-order valence-electron chi connectivity index (χ1n) is 6.84. The predicted octanol–water partition coefficient (Wildman–Crippen LogP) is 1.71. The molecule has 1 unspecified atom stereocenters. The Balaban J connectivity index is 2.79. The van der Waals surface area contributed by atoms with Gasteiger partial charge in [0.25, 0.3) is 5.91 Å². The Kier molecular flexibility index (Phi) is 6.29. The smallest absolute Gasteiger partial charge is 0.272 e. The summed E-state index contributed by atoms with van der Waals surface area (Å²) in [5, 5.41) is 3.32. The Morgan fingerprint density at radius 1 is 1.47 bits per heavy atom. The Morgan fingerprint density at radius 2 is 2.16 bits per heavy atom. The van der Waals surface area contributed by atoms with Crippen LogP contribution in [0.15, 0.2) is 18.3 Å². The highest BCUT2D eigenvalue weighted by molar-refractivity contribution is 5.93. The number of hydrogen-bond donors (Lipinski definition) is 2. The third kappa shape index (κ3) is 4.52. The third-order valence-electron chi connectivity index (χ3n) is 3.04. The van der Waals surface area contributed by atoms with Gasteiger partial charge in [-0.05, 0) is 45.9 Å². The normalized spacial score (nSPS) is 12.0. The van der Waals surface area contributed by atoms with Crippen molar-refractivity contribution in [3.63, 3.8) is 0 Å². The second-order valence-corrected chi connectivity index (χ2v) is 4.53. The van der Waals surface area contributed by atoms with Crippen LogP contribution in [-0.2, 0) is 0 Å². The molecule has 1 heterocycles. The first-order chi connectivity index (χ1) is 9.12. The molecule has 0 bridgehead atoms. The van der Waals surface area contributed by atoms with Gasteiger partial charge < -0.3 is 16.0 Å². The fraction of sp³-hybridized carbons (Fsp3) is 0.571. The average molecular weight is 264 g/mol. The summed E-state index contributed by atoms with van der Waals surface area (Å²) >= 11 is 0. The van der Waals surface area contributed by atoms with Gasteiger partial charge in [0.2, 0.25) is 0 Å². The minimum absolute atomic E-state index is 0.0277. The van der Waals surface area contributed by atoms with Gasteiger partial charge in [-0.15, -0.1) is 0 Å². The molecule has 0 fully saturated rings. The molecule has 0 aromatic carbocycles. The second-order valence-electron chi connectivity index (χ2n) is 4.53. The molecule has 0 spiro atoms. The van der Waals surface area contributed by atoms with E-state index in [1.807, 2.05) is 19.9 Å². The molecule has 0 saturated heterocycles. The van der Waals surface area contributed by atoms with Crippen molar-refractivity contribution in [1.82, 2.24) is 9.88 Å². The second kappa shape index (κ2) is 7.74. The molecule has 0 aliphatic heterocycles. The maximum atomic E-state index is 12.2. The largest absolute Gasteiger partial charge is 0.382 e. The minimum Gasteiger partial charge on any atom is -0.382 e. The van der Waals surface area contributed by atoms with Gasteiger partial charge in [-0.3, -0.25) is 9.78 Å². The highest BCUT2D eigenvalue weighted by atomic mass is 16.2. The highest BCUT2D eigenvalue weighted by Crippen LogP contribution is 2.12. The van der Waals surface area contributed by atoms with Crippen LogP contribution in [0.3, 0.4) is 0 Å². The topological polar surface area (TPSA) is 71.2 Å². The summed E-state index contributed by atoms with van der Waals surface area (Å²) in [6.45, 7) is 8.03. The maximum absolute atomic E-state index is 12.2. The Bertz CT molecular complexity index is 404. The van der Waals surface area contributed by atoms with E-state index in [1.165, 1.54) is 0 Å². The molecule has 1 atom stereocenters. The molecular weight excluding hydrogens is 240 g/mol. The summed E-state index contributed by atoms with van der Waals surface area (Å²) in [6.07, 6.45) is 2.55. The van der Waals surface area contributed by atoms with E-state index in [1.54, 1.807) is 17.2 Å². The van der Waals surface area contributed by atoms with Crippen molar-refractivity contribution in [3.05, 3.63) is 24.0 Å². The summed E-state index contributed by atoms with van der Waals surface area (Å²) in [7, 11) is 0. The first kappa shape index (κ1) is 15.4. The number of amides is 1. The summed E-state index contributed by atoms with van der Waals surface area (Å²) in [5.41, 5.74) is 6.91. The van der Waals surface area contributed by atoms with Crippen molar-refractivity contribution in [2.75, 3.05) is 25.0 Å². The zero-order chi connectivity index (χ0) is 14.3. The molecule has 0 aliphatic carbocycles. The number of nitrogens with zero attached hydrogens (tertiary/aromatic N) is 2. The molecule has 0 radical (unpaired) electrons. The van der Waals surface area contributed by atoms with Crippen molar-refractivity contribution in [2.45, 2.75) is 33.2 Å². The van der Waals surface area contributed by atoms with Crippen molar-refractivity contribution in [1.29, 1.82) is 0 Å². The number of nitrogens with two attached hydrogens (primary N) is 1. The van der Waals surface area contributed by atoms with Crippen LogP contribution in [0.1, 0.15) is 37.7 Å². The van der Waals surface area contributed by atoms with E-state index in [2.05, 4.69) is 17.2 Å². The Hall–Kier alpha value is -1.62. The lowest BCUT2D eigenvalue weighted by Gasteiger charge is -2.19. The van der Waals surface area contributed by atoms with Crippen molar-refractivity contribution < 1.29 is 4.79 Å². The van der Waals surface area contributed by atoms with Crippen LogP contribution in [0.2, 0.25) is 0 Å². The van der Waals surface area contributed by atoms with Gasteiger partial charge in [-0.25, -0.2) is 0 Å². The number of nitrogens with one attached hydrogen (secondary N) is 1. The van der Waals surface area contributed by atoms with E-state index in [9.17, 15) is 4.79 Å². The molecule has 0 saturated carbocycles. The van der Waals surface area contributed by atoms with E-state index in [-0.39, 0.29) is 11.9 Å². The Morgan fingerprint density at radius 3 is 2.74 bits per heavy atom. The Labute approximate surface area is 115 Å². The minimum atomic E-state index is -0.0277. The zero-order valence-electron chi connectivity index (χ0n) is 12.0. The van der Waals surface area contributed by atoms with Gasteiger partial charge in [-0.2, -0.15) is 0 Å². The number of rotatable bonds is 7. The van der Waals surface area contributed by atoms with Crippen LogP contribution in [0.25, 0.3) is 0 Å². The van der Waals surface area contributed by atoms with Gasteiger partial charge in [0.15, 0.2) is 0 Å². The zero-order valence-corrected chi connectivity index (χ0v) is 12.0. The van der Waals surface area contributed by atoms with Crippen molar-refractivity contribution >= 4 is 11.6 Å². The number of hydrogen-bond acceptors (Lipinski definition) is 4. The number of pyridine rings is 1. The monoisotopic (exact) mass is 264 g/mol. The fourth-order valence-electron chi connectivity index (χ4n) is 1.92. The molecule has 5 nitrogen and oxygen atoms in total. The standard InChI is InChI=1S/C14H24N4O/c1-4-18(5-2)14(19)13-10-12(7-9-16-13)17-11(3)6-8-15/h7,9-11H,4-6,8,15H2,1-3H3,(H,16,17). The lowest BCUT2D eigenvalue weighted by Crippen LogP contribution is -2.31. The first-order valence-corrected chi connectivity index (χ1v) is 6.84. The molecular formula is C14H24N4O. The molecule has 106 valence electrons. The SMILES string of the molecule is CCN(CC)C(=O)c1cc(NC(C)CCN)ccn1. The molecule has 1 aromatic rings. The van der Waals surface area contributed by atoms with E-state index >= 15 is 0 Å². The van der Waals surface area contributed by atoms with E-state index in [4.69, 9.17) is 5.73 Å². The summed E-state index contributed by atoms with van der Waals surface area (Å²) in [6, 6.07) is 3.95. The van der Waals surface area contributed by atoms with Crippen molar-refractivity contribution in [2.24, 2.45) is 5.73 Å². The van der Waals surface area contributed by atoms with Gasteiger partial charge in [0.1, 0.15) is 5.69 Å². The average Bonchev–Trinajstić information content (AvgIpc) is 2.40. The molecule has 5 heteroatoms. The molecule has 3 N–H and O–H groups in total. The number of carbonyl (C=O) groups is 1. The van der Waals surface area contributed by atoms with Gasteiger partial charge >= 0.3 is 0 Å². The van der Waals surface area contributed by atoms with Gasteiger partial charge in [0, 0.05) is 31.0 Å². The van der Waals surface area contributed by atoms with Gasteiger partial charge in [0.05, 0.1) is 0 Å². The maximum Gasteiger partial charge on any atom is 0.272 e. The highest BCUT2D eigenvalue weighted by Gasteiger charge is 2.14. The lowest BCUT2D eigenvalue weighted by molar-refractivity contribution is 0.0767. The fourth-order valence-corrected chi connectivity index (χ4v) is 1.92. The molecule has 1 rings (SSSR count).